The average molecular weight is 355 g/mol. The number of hydrogen-bond acceptors (Lipinski definition) is 4. The van der Waals surface area contributed by atoms with E-state index in [4.69, 9.17) is 11.6 Å². The van der Waals surface area contributed by atoms with Crippen molar-refractivity contribution in [1.29, 1.82) is 0 Å². The van der Waals surface area contributed by atoms with E-state index in [1.54, 1.807) is 43.3 Å². The molecule has 0 saturated carbocycles. The van der Waals surface area contributed by atoms with Gasteiger partial charge >= 0.3 is 0 Å². The van der Waals surface area contributed by atoms with Gasteiger partial charge in [-0.3, -0.25) is 14.2 Å². The number of carbonyl (C=O) groups is 1. The van der Waals surface area contributed by atoms with Gasteiger partial charge in [0.15, 0.2) is 0 Å². The summed E-state index contributed by atoms with van der Waals surface area (Å²) >= 11 is 6.01. The van der Waals surface area contributed by atoms with Gasteiger partial charge in [-0.25, -0.2) is 10.4 Å². The third-order valence-electron chi connectivity index (χ3n) is 3.65. The van der Waals surface area contributed by atoms with Crippen molar-refractivity contribution in [3.63, 3.8) is 0 Å². The van der Waals surface area contributed by atoms with E-state index in [2.05, 4.69) is 15.5 Å². The minimum absolute atomic E-state index is 0.164. The number of benzene rings is 2. The van der Waals surface area contributed by atoms with Gasteiger partial charge in [-0.05, 0) is 25.1 Å². The van der Waals surface area contributed by atoms with Crippen LogP contribution in [0.3, 0.4) is 0 Å². The summed E-state index contributed by atoms with van der Waals surface area (Å²) in [6.45, 7) is 1.52. The molecule has 3 aromatic rings. The Morgan fingerprint density at radius 2 is 1.96 bits per heavy atom. The minimum Gasteiger partial charge on any atom is -0.287 e. The Morgan fingerprint density at radius 3 is 2.76 bits per heavy atom. The van der Waals surface area contributed by atoms with Crippen molar-refractivity contribution in [2.75, 3.05) is 0 Å². The first kappa shape index (κ1) is 16.9. The van der Waals surface area contributed by atoms with Crippen LogP contribution in [-0.2, 0) is 11.3 Å². The fourth-order valence-electron chi connectivity index (χ4n) is 2.40. The number of halogens is 1. The molecular weight excluding hydrogens is 340 g/mol. The molecule has 0 fully saturated rings. The Kier molecular flexibility index (Phi) is 4.90. The van der Waals surface area contributed by atoms with Crippen LogP contribution in [-0.4, -0.2) is 21.7 Å². The molecule has 25 heavy (non-hydrogen) atoms. The first-order valence-corrected chi connectivity index (χ1v) is 7.96. The summed E-state index contributed by atoms with van der Waals surface area (Å²) in [5.74, 6) is 0.0412. The van der Waals surface area contributed by atoms with Gasteiger partial charge in [0.2, 0.25) is 0 Å². The largest absolute Gasteiger partial charge is 0.287 e. The van der Waals surface area contributed by atoms with Crippen molar-refractivity contribution in [3.8, 4) is 0 Å². The fourth-order valence-corrected chi connectivity index (χ4v) is 2.58. The molecule has 1 heterocycles. The van der Waals surface area contributed by atoms with E-state index >= 15 is 0 Å². The molecule has 6 nitrogen and oxygen atoms in total. The second-order valence-electron chi connectivity index (χ2n) is 5.38. The summed E-state index contributed by atoms with van der Waals surface area (Å²) in [6.07, 6.45) is 1.45. The highest BCUT2D eigenvalue weighted by Gasteiger charge is 2.10. The Balaban J connectivity index is 1.76. The summed E-state index contributed by atoms with van der Waals surface area (Å²) in [6, 6.07) is 14.2. The van der Waals surface area contributed by atoms with Crippen LogP contribution in [0.2, 0.25) is 5.02 Å². The van der Waals surface area contributed by atoms with E-state index in [0.717, 1.165) is 0 Å². The normalized spacial score (nSPS) is 11.1. The molecule has 0 saturated heterocycles. The molecule has 3 rings (SSSR count). The molecule has 0 aliphatic rings. The number of rotatable bonds is 4. The average Bonchev–Trinajstić information content (AvgIpc) is 2.60. The van der Waals surface area contributed by atoms with Gasteiger partial charge in [0.25, 0.3) is 11.5 Å². The number of hydrogen-bond donors (Lipinski definition) is 1. The highest BCUT2D eigenvalue weighted by atomic mass is 35.5. The number of nitrogens with one attached hydrogen (secondary N) is 1. The molecule has 0 aliphatic carbocycles. The van der Waals surface area contributed by atoms with Gasteiger partial charge in [0.05, 0.1) is 17.1 Å². The summed E-state index contributed by atoms with van der Waals surface area (Å²) in [5.41, 5.74) is 3.43. The molecule has 0 atom stereocenters. The standard InChI is InChI=1S/C18H15ClN4O2/c1-12-21-16-9-5-3-7-14(16)18(25)23(12)11-17(24)22-20-10-13-6-2-4-8-15(13)19/h2-10H,11H2,1H3,(H,22,24)/b20-10+. The first-order valence-electron chi connectivity index (χ1n) is 7.59. The molecular formula is C18H15ClN4O2. The van der Waals surface area contributed by atoms with Gasteiger partial charge in [-0.2, -0.15) is 5.10 Å². The van der Waals surface area contributed by atoms with Crippen LogP contribution in [0.15, 0.2) is 58.4 Å². The Hall–Kier alpha value is -2.99. The SMILES string of the molecule is Cc1nc2ccccc2c(=O)n1CC(=O)N/N=C/c1ccccc1Cl. The molecule has 0 aliphatic heterocycles. The number of aromatic nitrogens is 2. The van der Waals surface area contributed by atoms with Gasteiger partial charge in [0, 0.05) is 10.6 Å². The lowest BCUT2D eigenvalue weighted by Crippen LogP contribution is -2.32. The maximum Gasteiger partial charge on any atom is 0.261 e. The lowest BCUT2D eigenvalue weighted by molar-refractivity contribution is -0.121. The lowest BCUT2D eigenvalue weighted by Gasteiger charge is -2.09. The van der Waals surface area contributed by atoms with Crippen molar-refractivity contribution in [1.82, 2.24) is 15.0 Å². The van der Waals surface area contributed by atoms with Crippen molar-refractivity contribution >= 4 is 34.6 Å². The van der Waals surface area contributed by atoms with Crippen LogP contribution in [0, 0.1) is 6.92 Å². The van der Waals surface area contributed by atoms with Crippen LogP contribution < -0.4 is 11.0 Å². The second kappa shape index (κ2) is 7.27. The highest BCUT2D eigenvalue weighted by molar-refractivity contribution is 6.33. The Morgan fingerprint density at radius 1 is 1.24 bits per heavy atom. The third-order valence-corrected chi connectivity index (χ3v) is 4.00. The van der Waals surface area contributed by atoms with Crippen LogP contribution in [0.5, 0.6) is 0 Å². The third kappa shape index (κ3) is 3.75. The van der Waals surface area contributed by atoms with E-state index in [0.29, 0.717) is 27.3 Å². The van der Waals surface area contributed by atoms with Crippen LogP contribution in [0.4, 0.5) is 0 Å². The zero-order valence-electron chi connectivity index (χ0n) is 13.4. The molecule has 7 heteroatoms. The highest BCUT2D eigenvalue weighted by Crippen LogP contribution is 2.12. The zero-order valence-corrected chi connectivity index (χ0v) is 14.2. The van der Waals surface area contributed by atoms with Crippen LogP contribution in [0.1, 0.15) is 11.4 Å². The predicted octanol–water partition coefficient (Wildman–Crippen LogP) is 2.51. The summed E-state index contributed by atoms with van der Waals surface area (Å²) in [4.78, 5) is 29.0. The maximum atomic E-state index is 12.5. The maximum absolute atomic E-state index is 12.5. The molecule has 0 radical (unpaired) electrons. The zero-order chi connectivity index (χ0) is 17.8. The predicted molar refractivity (Wildman–Crippen MR) is 97.9 cm³/mol. The number of aryl methyl sites for hydroxylation is 1. The minimum atomic E-state index is -0.425. The van der Waals surface area contributed by atoms with E-state index in [1.807, 2.05) is 12.1 Å². The van der Waals surface area contributed by atoms with Gasteiger partial charge in [0.1, 0.15) is 12.4 Å². The van der Waals surface area contributed by atoms with Gasteiger partial charge < -0.3 is 0 Å². The van der Waals surface area contributed by atoms with E-state index in [9.17, 15) is 9.59 Å². The molecule has 0 unspecified atom stereocenters. The molecule has 126 valence electrons. The quantitative estimate of drug-likeness (QED) is 0.577. The monoisotopic (exact) mass is 354 g/mol. The van der Waals surface area contributed by atoms with Crippen molar-refractivity contribution in [2.45, 2.75) is 13.5 Å². The molecule has 1 amide bonds. The number of fused-ring (bicyclic) bond motifs is 1. The number of nitrogens with zero attached hydrogens (tertiary/aromatic N) is 3. The summed E-state index contributed by atoms with van der Waals surface area (Å²) in [5, 5.41) is 4.88. The van der Waals surface area contributed by atoms with Crippen molar-refractivity contribution < 1.29 is 4.79 Å². The number of para-hydroxylation sites is 1. The Labute approximate surface area is 148 Å². The Bertz CT molecular complexity index is 1030. The van der Waals surface area contributed by atoms with Gasteiger partial charge in [-0.15, -0.1) is 0 Å². The number of carbonyl (C=O) groups excluding carboxylic acids is 1. The molecule has 1 aromatic heterocycles. The molecule has 0 spiro atoms. The van der Waals surface area contributed by atoms with E-state index in [-0.39, 0.29) is 12.1 Å². The van der Waals surface area contributed by atoms with Crippen LogP contribution in [0.25, 0.3) is 10.9 Å². The molecule has 1 N–H and O–H groups in total. The van der Waals surface area contributed by atoms with E-state index < -0.39 is 5.91 Å². The summed E-state index contributed by atoms with van der Waals surface area (Å²) in [7, 11) is 0. The fraction of sp³-hybridized carbons (Fsp3) is 0.111. The molecule has 0 bridgehead atoms. The molecule has 2 aromatic carbocycles. The summed E-state index contributed by atoms with van der Waals surface area (Å²) < 4.78 is 1.32. The topological polar surface area (TPSA) is 76.3 Å². The van der Waals surface area contributed by atoms with Crippen molar-refractivity contribution in [2.24, 2.45) is 5.10 Å². The van der Waals surface area contributed by atoms with Gasteiger partial charge in [-0.1, -0.05) is 41.9 Å². The van der Waals surface area contributed by atoms with E-state index in [1.165, 1.54) is 10.8 Å². The number of amides is 1. The van der Waals surface area contributed by atoms with Crippen LogP contribution >= 0.6 is 11.6 Å². The second-order valence-corrected chi connectivity index (χ2v) is 5.79. The first-order chi connectivity index (χ1) is 12.1. The number of hydrazone groups is 1. The lowest BCUT2D eigenvalue weighted by atomic mass is 10.2. The smallest absolute Gasteiger partial charge is 0.261 e. The van der Waals surface area contributed by atoms with Crippen molar-refractivity contribution in [3.05, 3.63) is 75.3 Å².